The number of H-pyrrole nitrogens is 1. The van der Waals surface area contributed by atoms with Crippen molar-refractivity contribution in [2.75, 3.05) is 0 Å². The van der Waals surface area contributed by atoms with Gasteiger partial charge in [0, 0.05) is 21.2 Å². The summed E-state index contributed by atoms with van der Waals surface area (Å²) in [5.41, 5.74) is 1.27. The van der Waals surface area contributed by atoms with Gasteiger partial charge in [0.2, 0.25) is 0 Å². The lowest BCUT2D eigenvalue weighted by Gasteiger charge is -2.00. The van der Waals surface area contributed by atoms with Crippen LogP contribution in [0, 0.1) is 0 Å². The normalized spacial score (nSPS) is 13.2. The molecule has 0 bridgehead atoms. The summed E-state index contributed by atoms with van der Waals surface area (Å²) in [6, 6.07) is 0. The number of halogens is 1. The van der Waals surface area contributed by atoms with E-state index >= 15 is 0 Å². The molecule has 1 heterocycles. The Labute approximate surface area is 87.0 Å². The molecule has 1 aromatic rings. The molecule has 1 N–H and O–H groups in total. The molecule has 0 fully saturated rings. The standard InChI is InChI=1S/C11H14BrN/c1-5-10(12)11-8(4)13-6-9(11)7(2)3/h5-7,13H,1,4H2,2-3H3/b11-10-. The molecule has 0 atom stereocenters. The molecule has 0 unspecified atom stereocenters. The van der Waals surface area contributed by atoms with Gasteiger partial charge in [-0.1, -0.05) is 49.0 Å². The van der Waals surface area contributed by atoms with Gasteiger partial charge < -0.3 is 4.98 Å². The number of hydrogen-bond donors (Lipinski definition) is 1. The van der Waals surface area contributed by atoms with Crippen molar-refractivity contribution in [3.63, 3.8) is 0 Å². The number of rotatable bonds is 2. The number of hydrogen-bond acceptors (Lipinski definition) is 0. The van der Waals surface area contributed by atoms with E-state index in [1.54, 1.807) is 6.08 Å². The highest BCUT2D eigenvalue weighted by Crippen LogP contribution is 2.10. The van der Waals surface area contributed by atoms with Gasteiger partial charge in [-0.3, -0.25) is 0 Å². The molecule has 0 aromatic carbocycles. The van der Waals surface area contributed by atoms with Crippen LogP contribution in [0.25, 0.3) is 11.1 Å². The number of aromatic amines is 1. The molecule has 0 aliphatic rings. The van der Waals surface area contributed by atoms with Gasteiger partial charge in [-0.05, 0) is 11.5 Å². The average Bonchev–Trinajstić information content (AvgIpc) is 2.46. The lowest BCUT2D eigenvalue weighted by Crippen LogP contribution is -2.25. The number of nitrogens with one attached hydrogen (secondary N) is 1. The highest BCUT2D eigenvalue weighted by Gasteiger charge is 2.04. The van der Waals surface area contributed by atoms with E-state index in [0.717, 1.165) is 15.1 Å². The van der Waals surface area contributed by atoms with Crippen LogP contribution in [-0.2, 0) is 0 Å². The summed E-state index contributed by atoms with van der Waals surface area (Å²) >= 11 is 3.47. The van der Waals surface area contributed by atoms with Crippen molar-refractivity contribution in [1.82, 2.24) is 4.98 Å². The topological polar surface area (TPSA) is 15.8 Å². The van der Waals surface area contributed by atoms with Crippen molar-refractivity contribution in [3.8, 4) is 0 Å². The second kappa shape index (κ2) is 3.97. The molecule has 0 saturated carbocycles. The van der Waals surface area contributed by atoms with Crippen LogP contribution >= 0.6 is 15.9 Å². The molecule has 1 rings (SSSR count). The second-order valence-electron chi connectivity index (χ2n) is 3.30. The van der Waals surface area contributed by atoms with E-state index in [1.807, 2.05) is 6.20 Å². The Hall–Kier alpha value is -0.760. The molecular weight excluding hydrogens is 226 g/mol. The largest absolute Gasteiger partial charge is 0.361 e. The van der Waals surface area contributed by atoms with Crippen molar-refractivity contribution < 1.29 is 0 Å². The molecule has 0 aliphatic heterocycles. The van der Waals surface area contributed by atoms with E-state index < -0.39 is 0 Å². The van der Waals surface area contributed by atoms with Gasteiger partial charge in [0.15, 0.2) is 0 Å². The first-order valence-electron chi connectivity index (χ1n) is 4.26. The third kappa shape index (κ3) is 1.94. The summed E-state index contributed by atoms with van der Waals surface area (Å²) < 4.78 is 1.00. The van der Waals surface area contributed by atoms with Gasteiger partial charge in [-0.2, -0.15) is 0 Å². The van der Waals surface area contributed by atoms with E-state index in [-0.39, 0.29) is 0 Å². The highest BCUT2D eigenvalue weighted by atomic mass is 79.9. The van der Waals surface area contributed by atoms with Crippen LogP contribution < -0.4 is 10.6 Å². The number of allylic oxidation sites excluding steroid dienone is 1. The molecule has 2 heteroatoms. The first-order valence-corrected chi connectivity index (χ1v) is 5.05. The molecule has 1 aromatic heterocycles. The molecule has 0 aliphatic carbocycles. The number of aromatic nitrogens is 1. The minimum Gasteiger partial charge on any atom is -0.361 e. The predicted molar refractivity (Wildman–Crippen MR) is 62.2 cm³/mol. The van der Waals surface area contributed by atoms with Crippen LogP contribution in [0.5, 0.6) is 0 Å². The van der Waals surface area contributed by atoms with E-state index in [4.69, 9.17) is 0 Å². The monoisotopic (exact) mass is 239 g/mol. The van der Waals surface area contributed by atoms with Crippen LogP contribution in [-0.4, -0.2) is 4.98 Å². The van der Waals surface area contributed by atoms with Crippen LogP contribution in [0.15, 0.2) is 18.9 Å². The van der Waals surface area contributed by atoms with Crippen LogP contribution in [0.2, 0.25) is 0 Å². The maximum absolute atomic E-state index is 3.94. The minimum absolute atomic E-state index is 0.495. The first kappa shape index (κ1) is 10.3. The smallest absolute Gasteiger partial charge is 0.0395 e. The minimum atomic E-state index is 0.495. The van der Waals surface area contributed by atoms with Crippen molar-refractivity contribution >= 4 is 27.0 Å². The summed E-state index contributed by atoms with van der Waals surface area (Å²) in [5, 5.41) is 2.08. The van der Waals surface area contributed by atoms with Crippen molar-refractivity contribution in [2.45, 2.75) is 19.8 Å². The Bertz CT molecular complexity index is 412. The fraction of sp³-hybridized carbons (Fsp3) is 0.273. The quantitative estimate of drug-likeness (QED) is 0.815. The van der Waals surface area contributed by atoms with Crippen LogP contribution in [0.1, 0.15) is 25.3 Å². The Morgan fingerprint density at radius 3 is 2.69 bits per heavy atom. The zero-order valence-corrected chi connectivity index (χ0v) is 9.61. The predicted octanol–water partition coefficient (Wildman–Crippen LogP) is 2.24. The van der Waals surface area contributed by atoms with Crippen molar-refractivity contribution in [2.24, 2.45) is 0 Å². The zero-order valence-electron chi connectivity index (χ0n) is 8.02. The van der Waals surface area contributed by atoms with Crippen molar-refractivity contribution in [1.29, 1.82) is 0 Å². The molecule has 0 amide bonds. The van der Waals surface area contributed by atoms with Gasteiger partial charge >= 0.3 is 0 Å². The average molecular weight is 240 g/mol. The maximum atomic E-state index is 3.94. The van der Waals surface area contributed by atoms with E-state index in [9.17, 15) is 0 Å². The Balaban J connectivity index is 3.60. The van der Waals surface area contributed by atoms with Gasteiger partial charge in [0.25, 0.3) is 0 Å². The van der Waals surface area contributed by atoms with E-state index in [0.29, 0.717) is 5.92 Å². The van der Waals surface area contributed by atoms with Gasteiger partial charge in [-0.25, -0.2) is 0 Å². The molecule has 0 radical (unpaired) electrons. The molecule has 0 saturated heterocycles. The summed E-state index contributed by atoms with van der Waals surface area (Å²) in [4.78, 5) is 3.12. The van der Waals surface area contributed by atoms with Gasteiger partial charge in [-0.15, -0.1) is 0 Å². The molecular formula is C11H14BrN. The Morgan fingerprint density at radius 1 is 1.62 bits per heavy atom. The van der Waals surface area contributed by atoms with Gasteiger partial charge in [0.05, 0.1) is 0 Å². The van der Waals surface area contributed by atoms with Gasteiger partial charge in [0.1, 0.15) is 0 Å². The Morgan fingerprint density at radius 2 is 2.23 bits per heavy atom. The third-order valence-corrected chi connectivity index (χ3v) is 2.75. The summed E-state index contributed by atoms with van der Waals surface area (Å²) in [7, 11) is 0. The first-order chi connectivity index (χ1) is 6.07. The fourth-order valence-electron chi connectivity index (χ4n) is 1.32. The van der Waals surface area contributed by atoms with Crippen molar-refractivity contribution in [3.05, 3.63) is 35.0 Å². The molecule has 0 spiro atoms. The summed E-state index contributed by atoms with van der Waals surface area (Å²) in [5.74, 6) is 0.495. The molecule has 70 valence electrons. The van der Waals surface area contributed by atoms with Crippen LogP contribution in [0.4, 0.5) is 0 Å². The lowest BCUT2D eigenvalue weighted by molar-refractivity contribution is 0.862. The van der Waals surface area contributed by atoms with Crippen LogP contribution in [0.3, 0.4) is 0 Å². The summed E-state index contributed by atoms with van der Waals surface area (Å²) in [6.45, 7) is 12.0. The second-order valence-corrected chi connectivity index (χ2v) is 4.16. The van der Waals surface area contributed by atoms with E-state index in [2.05, 4.69) is 47.9 Å². The SMILES string of the molecule is C=C/C(Br)=c1/c(C(C)C)c[nH]c1=C. The third-order valence-electron chi connectivity index (χ3n) is 2.03. The molecule has 1 nitrogen and oxygen atoms in total. The lowest BCUT2D eigenvalue weighted by atomic mass is 10.1. The summed E-state index contributed by atoms with van der Waals surface area (Å²) in [6.07, 6.45) is 3.80. The fourth-order valence-corrected chi connectivity index (χ4v) is 1.79. The highest BCUT2D eigenvalue weighted by molar-refractivity contribution is 9.15. The zero-order chi connectivity index (χ0) is 10.0. The maximum Gasteiger partial charge on any atom is 0.0395 e. The van der Waals surface area contributed by atoms with E-state index in [1.165, 1.54) is 5.56 Å². The molecule has 13 heavy (non-hydrogen) atoms. The Kier molecular flexibility index (Phi) is 3.15.